The summed E-state index contributed by atoms with van der Waals surface area (Å²) in [7, 11) is 0. The summed E-state index contributed by atoms with van der Waals surface area (Å²) >= 11 is 0. The van der Waals surface area contributed by atoms with Gasteiger partial charge in [0.2, 0.25) is 0 Å². The molecule has 1 heterocycles. The van der Waals surface area contributed by atoms with Crippen molar-refractivity contribution in [1.82, 2.24) is 5.32 Å². The highest BCUT2D eigenvalue weighted by Gasteiger charge is 2.20. The quantitative estimate of drug-likeness (QED) is 0.782. The Kier molecular flexibility index (Phi) is 3.75. The third-order valence-electron chi connectivity index (χ3n) is 3.16. The Morgan fingerprint density at radius 3 is 2.60 bits per heavy atom. The van der Waals surface area contributed by atoms with E-state index in [1.54, 1.807) is 0 Å². The lowest BCUT2D eigenvalue weighted by Crippen LogP contribution is -2.38. The van der Waals surface area contributed by atoms with Crippen LogP contribution in [0, 0.1) is 11.8 Å². The molecule has 1 fully saturated rings. The van der Waals surface area contributed by atoms with E-state index >= 15 is 0 Å². The van der Waals surface area contributed by atoms with Gasteiger partial charge in [-0.1, -0.05) is 30.3 Å². The Morgan fingerprint density at radius 1 is 1.13 bits per heavy atom. The molecule has 2 rings (SSSR count). The second-order valence-electron chi connectivity index (χ2n) is 4.50. The van der Waals surface area contributed by atoms with E-state index in [0.717, 1.165) is 25.9 Å². The summed E-state index contributed by atoms with van der Waals surface area (Å²) in [5, 5.41) is 12.5. The minimum Gasteiger partial charge on any atom is -0.396 e. The molecule has 1 saturated heterocycles. The Hall–Kier alpha value is -0.860. The second-order valence-corrected chi connectivity index (χ2v) is 4.50. The second kappa shape index (κ2) is 5.29. The summed E-state index contributed by atoms with van der Waals surface area (Å²) < 4.78 is 0. The number of aliphatic hydroxyl groups is 1. The molecule has 0 radical (unpaired) electrons. The monoisotopic (exact) mass is 205 g/mol. The van der Waals surface area contributed by atoms with Crippen molar-refractivity contribution in [2.45, 2.75) is 12.8 Å². The van der Waals surface area contributed by atoms with E-state index in [4.69, 9.17) is 5.11 Å². The fourth-order valence-corrected chi connectivity index (χ4v) is 2.37. The molecule has 1 aromatic rings. The highest BCUT2D eigenvalue weighted by molar-refractivity contribution is 5.15. The molecule has 2 nitrogen and oxygen atoms in total. The average Bonchev–Trinajstić information content (AvgIpc) is 2.31. The van der Waals surface area contributed by atoms with E-state index < -0.39 is 0 Å². The van der Waals surface area contributed by atoms with Crippen LogP contribution < -0.4 is 5.32 Å². The van der Waals surface area contributed by atoms with Gasteiger partial charge in [-0.3, -0.25) is 0 Å². The summed E-state index contributed by atoms with van der Waals surface area (Å²) in [4.78, 5) is 0. The third-order valence-corrected chi connectivity index (χ3v) is 3.16. The number of aliphatic hydroxyl groups excluding tert-OH is 1. The first-order valence-corrected chi connectivity index (χ1v) is 5.74. The van der Waals surface area contributed by atoms with Gasteiger partial charge in [-0.25, -0.2) is 0 Å². The van der Waals surface area contributed by atoms with Gasteiger partial charge in [0.1, 0.15) is 0 Å². The molecule has 1 aromatic carbocycles. The Balaban J connectivity index is 1.89. The molecule has 0 spiro atoms. The fraction of sp³-hybridized carbons (Fsp3) is 0.538. The zero-order chi connectivity index (χ0) is 10.5. The number of rotatable bonds is 3. The lowest BCUT2D eigenvalue weighted by molar-refractivity contribution is 0.172. The van der Waals surface area contributed by atoms with Crippen molar-refractivity contribution in [3.05, 3.63) is 35.9 Å². The molecule has 0 aromatic heterocycles. The summed E-state index contributed by atoms with van der Waals surface area (Å²) in [6.07, 6.45) is 2.28. The number of benzene rings is 1. The zero-order valence-corrected chi connectivity index (χ0v) is 9.02. The summed E-state index contributed by atoms with van der Waals surface area (Å²) in [5.41, 5.74) is 1.41. The summed E-state index contributed by atoms with van der Waals surface area (Å²) in [5.74, 6) is 1.13. The Labute approximate surface area is 91.3 Å². The lowest BCUT2D eigenvalue weighted by Gasteiger charge is -2.28. The molecular weight excluding hydrogens is 186 g/mol. The smallest absolute Gasteiger partial charge is 0.0471 e. The predicted octanol–water partition coefficient (Wildman–Crippen LogP) is 1.45. The van der Waals surface area contributed by atoms with Crippen LogP contribution in [-0.2, 0) is 6.42 Å². The van der Waals surface area contributed by atoms with E-state index in [9.17, 15) is 0 Å². The maximum atomic E-state index is 9.13. The molecular formula is C13H19NO. The van der Waals surface area contributed by atoms with Gasteiger partial charge in [-0.15, -0.1) is 0 Å². The predicted molar refractivity (Wildman–Crippen MR) is 61.7 cm³/mol. The SMILES string of the molecule is OCC1CNCC(Cc2ccccc2)C1. The maximum absolute atomic E-state index is 9.13. The van der Waals surface area contributed by atoms with Gasteiger partial charge >= 0.3 is 0 Å². The van der Waals surface area contributed by atoms with Gasteiger partial charge < -0.3 is 10.4 Å². The van der Waals surface area contributed by atoms with Crippen LogP contribution in [0.25, 0.3) is 0 Å². The van der Waals surface area contributed by atoms with Crippen molar-refractivity contribution in [2.24, 2.45) is 11.8 Å². The highest BCUT2D eigenvalue weighted by Crippen LogP contribution is 2.20. The molecule has 2 heteroatoms. The van der Waals surface area contributed by atoms with E-state index in [0.29, 0.717) is 18.4 Å². The van der Waals surface area contributed by atoms with Crippen molar-refractivity contribution in [3.8, 4) is 0 Å². The molecule has 1 aliphatic rings. The van der Waals surface area contributed by atoms with Crippen LogP contribution in [0.4, 0.5) is 0 Å². The van der Waals surface area contributed by atoms with Gasteiger partial charge in [0, 0.05) is 13.2 Å². The normalized spacial score (nSPS) is 26.5. The van der Waals surface area contributed by atoms with Crippen LogP contribution >= 0.6 is 0 Å². The van der Waals surface area contributed by atoms with Crippen LogP contribution in [-0.4, -0.2) is 24.8 Å². The lowest BCUT2D eigenvalue weighted by atomic mass is 9.87. The molecule has 0 amide bonds. The largest absolute Gasteiger partial charge is 0.396 e. The van der Waals surface area contributed by atoms with Crippen LogP contribution in [0.1, 0.15) is 12.0 Å². The molecule has 2 N–H and O–H groups in total. The summed E-state index contributed by atoms with van der Waals surface area (Å²) in [6.45, 7) is 2.38. The molecule has 2 atom stereocenters. The molecule has 82 valence electrons. The molecule has 1 aliphatic heterocycles. The third kappa shape index (κ3) is 3.05. The highest BCUT2D eigenvalue weighted by atomic mass is 16.3. The molecule has 0 bridgehead atoms. The number of nitrogens with one attached hydrogen (secondary N) is 1. The van der Waals surface area contributed by atoms with Crippen LogP contribution in [0.3, 0.4) is 0 Å². The zero-order valence-electron chi connectivity index (χ0n) is 9.02. The minimum atomic E-state index is 0.318. The topological polar surface area (TPSA) is 32.3 Å². The molecule has 2 unspecified atom stereocenters. The average molecular weight is 205 g/mol. The van der Waals surface area contributed by atoms with Gasteiger partial charge in [0.25, 0.3) is 0 Å². The van der Waals surface area contributed by atoms with E-state index in [-0.39, 0.29) is 0 Å². The van der Waals surface area contributed by atoms with E-state index in [1.807, 2.05) is 0 Å². The van der Waals surface area contributed by atoms with Crippen LogP contribution in [0.5, 0.6) is 0 Å². The number of piperidine rings is 1. The van der Waals surface area contributed by atoms with Crippen molar-refractivity contribution in [2.75, 3.05) is 19.7 Å². The molecule has 15 heavy (non-hydrogen) atoms. The first kappa shape index (κ1) is 10.7. The maximum Gasteiger partial charge on any atom is 0.0471 e. The Morgan fingerprint density at radius 2 is 1.87 bits per heavy atom. The van der Waals surface area contributed by atoms with Crippen LogP contribution in [0.15, 0.2) is 30.3 Å². The Bertz CT molecular complexity index is 286. The van der Waals surface area contributed by atoms with Crippen molar-refractivity contribution in [1.29, 1.82) is 0 Å². The molecule has 0 saturated carbocycles. The number of hydrogen-bond acceptors (Lipinski definition) is 2. The van der Waals surface area contributed by atoms with Gasteiger partial charge in [0.15, 0.2) is 0 Å². The first-order valence-electron chi connectivity index (χ1n) is 5.74. The number of hydrogen-bond donors (Lipinski definition) is 2. The van der Waals surface area contributed by atoms with E-state index in [2.05, 4.69) is 35.6 Å². The van der Waals surface area contributed by atoms with Crippen LogP contribution in [0.2, 0.25) is 0 Å². The summed E-state index contributed by atoms with van der Waals surface area (Å²) in [6, 6.07) is 10.6. The fourth-order valence-electron chi connectivity index (χ4n) is 2.37. The van der Waals surface area contributed by atoms with Gasteiger partial charge in [-0.2, -0.15) is 0 Å². The molecule has 0 aliphatic carbocycles. The van der Waals surface area contributed by atoms with Crippen molar-refractivity contribution < 1.29 is 5.11 Å². The van der Waals surface area contributed by atoms with Crippen molar-refractivity contribution in [3.63, 3.8) is 0 Å². The van der Waals surface area contributed by atoms with E-state index in [1.165, 1.54) is 5.56 Å². The van der Waals surface area contributed by atoms with Gasteiger partial charge in [0.05, 0.1) is 0 Å². The van der Waals surface area contributed by atoms with Gasteiger partial charge in [-0.05, 0) is 36.8 Å². The first-order chi connectivity index (χ1) is 7.38. The van der Waals surface area contributed by atoms with Crippen molar-refractivity contribution >= 4 is 0 Å². The minimum absolute atomic E-state index is 0.318. The standard InChI is InChI=1S/C13H19NO/c15-10-13-7-12(8-14-9-13)6-11-4-2-1-3-5-11/h1-5,12-15H,6-10H2.